The Kier molecular flexibility index (Phi) is 7.66. The van der Waals surface area contributed by atoms with Crippen molar-refractivity contribution in [3.8, 4) is 44.5 Å². The number of benzene rings is 4. The van der Waals surface area contributed by atoms with Gasteiger partial charge in [0, 0.05) is 0 Å². The fourth-order valence-corrected chi connectivity index (χ4v) is 7.04. The van der Waals surface area contributed by atoms with Crippen LogP contribution in [0.2, 0.25) is 0 Å². The molecule has 0 fully saturated rings. The molecule has 0 saturated carbocycles. The van der Waals surface area contributed by atoms with Gasteiger partial charge in [-0.2, -0.15) is 0 Å². The third-order valence-electron chi connectivity index (χ3n) is 9.86. The topological polar surface area (TPSA) is 52.1 Å². The minimum absolute atomic E-state index is 0.732. The van der Waals surface area contributed by atoms with Crippen molar-refractivity contribution in [1.82, 2.24) is 9.97 Å². The molecule has 0 saturated heterocycles. The first kappa shape index (κ1) is 31.5. The van der Waals surface area contributed by atoms with Crippen LogP contribution in [0.15, 0.2) is 130 Å². The molecule has 4 nitrogen and oxygen atoms in total. The molecule has 2 aliphatic heterocycles. The van der Waals surface area contributed by atoms with E-state index in [-0.39, 0.29) is 0 Å². The van der Waals surface area contributed by atoms with Gasteiger partial charge in [0.05, 0.1) is 45.0 Å². The molecule has 0 spiro atoms. The summed E-state index contributed by atoms with van der Waals surface area (Å²) in [6.45, 7) is 8.40. The van der Waals surface area contributed by atoms with E-state index in [0.717, 1.165) is 89.6 Å². The van der Waals surface area contributed by atoms with Crippen LogP contribution in [-0.4, -0.2) is 9.97 Å². The van der Waals surface area contributed by atoms with Crippen molar-refractivity contribution in [3.05, 3.63) is 166 Å². The molecule has 4 heteroatoms. The molecule has 7 aromatic rings. The Hall–Kier alpha value is -6.52. The van der Waals surface area contributed by atoms with Gasteiger partial charge in [-0.25, -0.2) is 9.97 Å². The first-order valence-electron chi connectivity index (χ1n) is 17.6. The van der Waals surface area contributed by atoms with E-state index in [0.29, 0.717) is 0 Å². The van der Waals surface area contributed by atoms with E-state index < -0.39 is 0 Å². The fraction of sp³-hybridized carbons (Fsp3) is 0.0833. The van der Waals surface area contributed by atoms with Crippen LogP contribution in [0.1, 0.15) is 45.0 Å². The largest absolute Gasteiger partial charge is 0.456 e. The summed E-state index contributed by atoms with van der Waals surface area (Å²) in [7, 11) is 0. The van der Waals surface area contributed by atoms with Gasteiger partial charge in [-0.15, -0.1) is 0 Å². The van der Waals surface area contributed by atoms with Gasteiger partial charge in [0.25, 0.3) is 0 Å². The van der Waals surface area contributed by atoms with Gasteiger partial charge in [0.15, 0.2) is 0 Å². The van der Waals surface area contributed by atoms with E-state index in [1.54, 1.807) is 0 Å². The number of hydrogen-bond acceptors (Lipinski definition) is 4. The third kappa shape index (κ3) is 5.69. The Morgan fingerprint density at radius 2 is 0.500 bits per heavy atom. The van der Waals surface area contributed by atoms with Gasteiger partial charge >= 0.3 is 0 Å². The summed E-state index contributed by atoms with van der Waals surface area (Å²) in [4.78, 5) is 10.7. The van der Waals surface area contributed by atoms with E-state index in [1.165, 1.54) is 22.3 Å². The molecule has 2 aliphatic rings. The highest BCUT2D eigenvalue weighted by molar-refractivity contribution is 5.98. The molecule has 0 aliphatic carbocycles. The van der Waals surface area contributed by atoms with Crippen molar-refractivity contribution in [3.63, 3.8) is 0 Å². The van der Waals surface area contributed by atoms with Crippen LogP contribution in [0.3, 0.4) is 0 Å². The number of hydrogen-bond donors (Lipinski definition) is 0. The van der Waals surface area contributed by atoms with Crippen molar-refractivity contribution in [2.75, 3.05) is 0 Å². The number of fused-ring (bicyclic) bond motifs is 8. The van der Waals surface area contributed by atoms with Crippen LogP contribution in [0, 0.1) is 27.7 Å². The molecule has 250 valence electrons. The second-order valence-electron chi connectivity index (χ2n) is 13.7. The normalized spacial score (nSPS) is 12.1. The highest BCUT2D eigenvalue weighted by Gasteiger charge is 2.20. The van der Waals surface area contributed by atoms with Crippen LogP contribution in [0.4, 0.5) is 0 Å². The highest BCUT2D eigenvalue weighted by Crippen LogP contribution is 2.40. The minimum Gasteiger partial charge on any atom is -0.456 e. The van der Waals surface area contributed by atoms with Crippen molar-refractivity contribution in [2.45, 2.75) is 27.7 Å². The van der Waals surface area contributed by atoms with Crippen molar-refractivity contribution < 1.29 is 8.83 Å². The number of nitrogens with zero attached hydrogens (tertiary/aromatic N) is 2. The Morgan fingerprint density at radius 3 is 0.712 bits per heavy atom. The van der Waals surface area contributed by atoms with Gasteiger partial charge in [-0.3, -0.25) is 0 Å². The molecule has 0 amide bonds. The lowest BCUT2D eigenvalue weighted by atomic mass is 10.0. The van der Waals surface area contributed by atoms with Crippen LogP contribution in [-0.2, 0) is 0 Å². The molecule has 3 aromatic heterocycles. The lowest BCUT2D eigenvalue weighted by Gasteiger charge is -2.07. The molecule has 9 rings (SSSR count). The summed E-state index contributed by atoms with van der Waals surface area (Å²) < 4.78 is 13.8. The Bertz CT molecular complexity index is 2350. The Balaban J connectivity index is 1.47. The predicted molar refractivity (Wildman–Crippen MR) is 215 cm³/mol. The first-order valence-corrected chi connectivity index (χ1v) is 17.6. The van der Waals surface area contributed by atoms with Crippen LogP contribution < -0.4 is 0 Å². The summed E-state index contributed by atoms with van der Waals surface area (Å²) in [6.07, 6.45) is 8.34. The second kappa shape index (κ2) is 12.7. The average molecular weight is 673 g/mol. The van der Waals surface area contributed by atoms with Crippen LogP contribution >= 0.6 is 0 Å². The van der Waals surface area contributed by atoms with Crippen LogP contribution in [0.25, 0.3) is 91.1 Å². The van der Waals surface area contributed by atoms with E-state index in [1.807, 2.05) is 0 Å². The second-order valence-corrected chi connectivity index (χ2v) is 13.7. The lowest BCUT2D eigenvalue weighted by molar-refractivity contribution is 0.667. The van der Waals surface area contributed by atoms with Gasteiger partial charge in [0.2, 0.25) is 0 Å². The van der Waals surface area contributed by atoms with E-state index in [2.05, 4.69) is 173 Å². The average Bonchev–Trinajstić information content (AvgIpc) is 3.99. The van der Waals surface area contributed by atoms with E-state index in [4.69, 9.17) is 18.8 Å². The molecule has 0 radical (unpaired) electrons. The Morgan fingerprint density at radius 1 is 0.288 bits per heavy atom. The minimum atomic E-state index is 0.732. The molecule has 5 heterocycles. The fourth-order valence-electron chi connectivity index (χ4n) is 7.04. The smallest absolute Gasteiger partial charge is 0.137 e. The predicted octanol–water partition coefficient (Wildman–Crippen LogP) is 13.1. The first-order chi connectivity index (χ1) is 25.4. The zero-order chi connectivity index (χ0) is 35.3. The standard InChI is InChI=1S/C48H36N2O2/c1-29-5-13-33(14-6-29)45-37-21-22-38(49-37)46(34-15-7-30(2)8-16-34)43-27-28-44(52-43)48(36-19-11-32(4)12-20-36)40-24-23-39(50-40)47(42-26-25-41(45)51-42)35-17-9-31(3)10-18-35/h5-28H,1-4H3. The Labute approximate surface area is 303 Å². The SMILES string of the molecule is Cc1ccc(-c2c3nc(c(-c4ccc(C)cc4)c4ccc(o4)c(-c4ccc(C)cc4)c4nc(c(-c5ccc(C)cc5)c5ccc2o5)C=C4)C=C3)cc1. The zero-order valence-corrected chi connectivity index (χ0v) is 29.6. The summed E-state index contributed by atoms with van der Waals surface area (Å²) in [5.74, 6) is 0. The van der Waals surface area contributed by atoms with Gasteiger partial charge < -0.3 is 8.83 Å². The highest BCUT2D eigenvalue weighted by atomic mass is 16.3. The zero-order valence-electron chi connectivity index (χ0n) is 29.6. The maximum Gasteiger partial charge on any atom is 0.137 e. The monoisotopic (exact) mass is 672 g/mol. The number of furan rings is 2. The van der Waals surface area contributed by atoms with Crippen molar-refractivity contribution in [2.24, 2.45) is 0 Å². The molecule has 0 unspecified atom stereocenters. The molecule has 52 heavy (non-hydrogen) atoms. The third-order valence-corrected chi connectivity index (χ3v) is 9.86. The van der Waals surface area contributed by atoms with Crippen LogP contribution in [0.5, 0.6) is 0 Å². The number of aryl methyl sites for hydroxylation is 4. The number of rotatable bonds is 4. The maximum absolute atomic E-state index is 6.90. The van der Waals surface area contributed by atoms with E-state index in [9.17, 15) is 0 Å². The molecular weight excluding hydrogens is 637 g/mol. The molecular formula is C48H36N2O2. The van der Waals surface area contributed by atoms with Gasteiger partial charge in [0.1, 0.15) is 22.3 Å². The van der Waals surface area contributed by atoms with E-state index >= 15 is 0 Å². The van der Waals surface area contributed by atoms with Gasteiger partial charge in [-0.1, -0.05) is 119 Å². The lowest BCUT2D eigenvalue weighted by Crippen LogP contribution is -1.88. The van der Waals surface area contributed by atoms with Crippen molar-refractivity contribution in [1.29, 1.82) is 0 Å². The molecule has 4 aromatic carbocycles. The molecule has 0 N–H and O–H groups in total. The molecule has 0 atom stereocenters. The maximum atomic E-state index is 6.90. The van der Waals surface area contributed by atoms with Gasteiger partial charge in [-0.05, 0) is 98.5 Å². The number of aromatic nitrogens is 2. The summed E-state index contributed by atoms with van der Waals surface area (Å²) >= 11 is 0. The van der Waals surface area contributed by atoms with Crippen molar-refractivity contribution >= 4 is 46.6 Å². The molecule has 8 bridgehead atoms. The summed E-state index contributed by atoms with van der Waals surface area (Å²) in [5, 5.41) is 0. The summed E-state index contributed by atoms with van der Waals surface area (Å²) in [6, 6.07) is 42.4. The summed E-state index contributed by atoms with van der Waals surface area (Å²) in [5.41, 5.74) is 18.7. The quantitative estimate of drug-likeness (QED) is 0.187.